The molecule has 0 radical (unpaired) electrons. The summed E-state index contributed by atoms with van der Waals surface area (Å²) in [6.07, 6.45) is 3.88. The number of rotatable bonds is 6. The Hall–Kier alpha value is -2.08. The molecule has 0 aliphatic carbocycles. The van der Waals surface area contributed by atoms with Gasteiger partial charge in [-0.15, -0.1) is 0 Å². The second-order valence-electron chi connectivity index (χ2n) is 7.45. The maximum absolute atomic E-state index is 12.1. The molecule has 6 heteroatoms. The lowest BCUT2D eigenvalue weighted by atomic mass is 10.1. The molecule has 0 aromatic heterocycles. The van der Waals surface area contributed by atoms with E-state index in [2.05, 4.69) is 36.3 Å². The summed E-state index contributed by atoms with van der Waals surface area (Å²) in [5, 5.41) is 3.38. The van der Waals surface area contributed by atoms with Crippen molar-refractivity contribution < 1.29 is 9.53 Å². The summed E-state index contributed by atoms with van der Waals surface area (Å²) in [7, 11) is 2.09. The number of nitrogens with one attached hydrogen (secondary N) is 1. The molecule has 2 fully saturated rings. The van der Waals surface area contributed by atoms with Crippen LogP contribution < -0.4 is 10.2 Å². The summed E-state index contributed by atoms with van der Waals surface area (Å²) in [6.45, 7) is 7.08. The first-order valence-corrected chi connectivity index (χ1v) is 10.1. The van der Waals surface area contributed by atoms with Crippen molar-refractivity contribution in [2.75, 3.05) is 44.8 Å². The highest BCUT2D eigenvalue weighted by molar-refractivity contribution is 5.93. The minimum Gasteiger partial charge on any atom is -0.381 e. The van der Waals surface area contributed by atoms with Gasteiger partial charge in [-0.25, -0.2) is 4.99 Å². The Morgan fingerprint density at radius 1 is 1.33 bits per heavy atom. The van der Waals surface area contributed by atoms with E-state index in [1.807, 2.05) is 17.0 Å². The smallest absolute Gasteiger partial charge is 0.226 e. The molecule has 0 saturated carbocycles. The maximum Gasteiger partial charge on any atom is 0.226 e. The molecule has 2 aliphatic rings. The van der Waals surface area contributed by atoms with Crippen molar-refractivity contribution in [3.8, 4) is 0 Å². The third-order valence-electron chi connectivity index (χ3n) is 5.24. The van der Waals surface area contributed by atoms with Crippen molar-refractivity contribution in [3.63, 3.8) is 0 Å². The number of nitrogens with zero attached hydrogens (tertiary/aromatic N) is 3. The minimum atomic E-state index is 0.235. The SMILES string of the molecule is CCNC(=NCc1ccc(N2CCCCC2=O)cc1)N(C)CC1CCOC1. The van der Waals surface area contributed by atoms with Crippen molar-refractivity contribution >= 4 is 17.6 Å². The summed E-state index contributed by atoms with van der Waals surface area (Å²) in [4.78, 5) is 21.0. The van der Waals surface area contributed by atoms with Gasteiger partial charge in [-0.05, 0) is 43.9 Å². The first kappa shape index (κ1) is 19.7. The van der Waals surface area contributed by atoms with Gasteiger partial charge >= 0.3 is 0 Å². The Bertz CT molecular complexity index is 638. The predicted molar refractivity (Wildman–Crippen MR) is 109 cm³/mol. The third-order valence-corrected chi connectivity index (χ3v) is 5.24. The average molecular weight is 373 g/mol. The molecule has 1 unspecified atom stereocenters. The van der Waals surface area contributed by atoms with Gasteiger partial charge in [0, 0.05) is 51.3 Å². The third kappa shape index (κ3) is 5.45. The van der Waals surface area contributed by atoms with Crippen LogP contribution in [0.25, 0.3) is 0 Å². The topological polar surface area (TPSA) is 57.2 Å². The van der Waals surface area contributed by atoms with Gasteiger partial charge < -0.3 is 19.9 Å². The predicted octanol–water partition coefficient (Wildman–Crippen LogP) is 2.64. The van der Waals surface area contributed by atoms with Crippen LogP contribution in [0.3, 0.4) is 0 Å². The molecule has 2 aliphatic heterocycles. The van der Waals surface area contributed by atoms with Crippen molar-refractivity contribution in [2.24, 2.45) is 10.9 Å². The van der Waals surface area contributed by atoms with Crippen LogP contribution in [0.15, 0.2) is 29.3 Å². The number of carbonyl (C=O) groups is 1. The largest absolute Gasteiger partial charge is 0.381 e. The van der Waals surface area contributed by atoms with E-state index in [4.69, 9.17) is 9.73 Å². The minimum absolute atomic E-state index is 0.235. The number of hydrogen-bond donors (Lipinski definition) is 1. The van der Waals surface area contributed by atoms with Gasteiger partial charge in [0.15, 0.2) is 5.96 Å². The number of carbonyl (C=O) groups excluding carboxylic acids is 1. The number of benzene rings is 1. The van der Waals surface area contributed by atoms with Crippen molar-refractivity contribution in [1.82, 2.24) is 10.2 Å². The molecular weight excluding hydrogens is 340 g/mol. The van der Waals surface area contributed by atoms with Gasteiger partial charge in [0.05, 0.1) is 13.2 Å². The molecule has 2 heterocycles. The normalized spacial score (nSPS) is 20.8. The summed E-state index contributed by atoms with van der Waals surface area (Å²) in [5.74, 6) is 1.75. The molecule has 3 rings (SSSR count). The van der Waals surface area contributed by atoms with E-state index in [9.17, 15) is 4.79 Å². The molecule has 1 aromatic carbocycles. The van der Waals surface area contributed by atoms with Gasteiger partial charge in [0.25, 0.3) is 0 Å². The lowest BCUT2D eigenvalue weighted by Gasteiger charge is -2.27. The Kier molecular flexibility index (Phi) is 7.10. The molecule has 27 heavy (non-hydrogen) atoms. The molecule has 1 atom stereocenters. The summed E-state index contributed by atoms with van der Waals surface area (Å²) >= 11 is 0. The lowest BCUT2D eigenvalue weighted by Crippen LogP contribution is -2.41. The van der Waals surface area contributed by atoms with Gasteiger partial charge in [-0.1, -0.05) is 12.1 Å². The van der Waals surface area contributed by atoms with E-state index >= 15 is 0 Å². The maximum atomic E-state index is 12.1. The highest BCUT2D eigenvalue weighted by Crippen LogP contribution is 2.21. The van der Waals surface area contributed by atoms with Crippen LogP contribution in [0.4, 0.5) is 5.69 Å². The fourth-order valence-corrected chi connectivity index (χ4v) is 3.70. The zero-order valence-electron chi connectivity index (χ0n) is 16.6. The van der Waals surface area contributed by atoms with E-state index < -0.39 is 0 Å². The Balaban J connectivity index is 1.60. The highest BCUT2D eigenvalue weighted by atomic mass is 16.5. The first-order chi connectivity index (χ1) is 13.2. The Labute approximate surface area is 162 Å². The molecule has 1 aromatic rings. The van der Waals surface area contributed by atoms with Crippen molar-refractivity contribution in [2.45, 2.75) is 39.2 Å². The van der Waals surface area contributed by atoms with E-state index in [1.54, 1.807) is 0 Å². The van der Waals surface area contributed by atoms with Crippen LogP contribution in [-0.2, 0) is 16.1 Å². The quantitative estimate of drug-likeness (QED) is 0.616. The van der Waals surface area contributed by atoms with Crippen molar-refractivity contribution in [3.05, 3.63) is 29.8 Å². The van der Waals surface area contributed by atoms with Crippen LogP contribution in [0.5, 0.6) is 0 Å². The summed E-state index contributed by atoms with van der Waals surface area (Å²) in [5.41, 5.74) is 2.15. The van der Waals surface area contributed by atoms with Crippen LogP contribution >= 0.6 is 0 Å². The molecule has 0 spiro atoms. The van der Waals surface area contributed by atoms with Crippen LogP contribution in [0.2, 0.25) is 0 Å². The number of ether oxygens (including phenoxy) is 1. The molecule has 1 amide bonds. The second kappa shape index (κ2) is 9.74. The zero-order valence-corrected chi connectivity index (χ0v) is 16.6. The van der Waals surface area contributed by atoms with Gasteiger partial charge in [0.1, 0.15) is 0 Å². The summed E-state index contributed by atoms with van der Waals surface area (Å²) < 4.78 is 5.48. The molecule has 2 saturated heterocycles. The number of aliphatic imine (C=N–C) groups is 1. The molecule has 0 bridgehead atoms. The molecule has 6 nitrogen and oxygen atoms in total. The number of amides is 1. The Morgan fingerprint density at radius 3 is 2.81 bits per heavy atom. The second-order valence-corrected chi connectivity index (χ2v) is 7.45. The number of anilines is 1. The van der Waals surface area contributed by atoms with Crippen LogP contribution in [0, 0.1) is 5.92 Å². The van der Waals surface area contributed by atoms with E-state index in [1.165, 1.54) is 0 Å². The monoisotopic (exact) mass is 372 g/mol. The molecule has 148 valence electrons. The highest BCUT2D eigenvalue weighted by Gasteiger charge is 2.20. The van der Waals surface area contributed by atoms with E-state index in [-0.39, 0.29) is 5.91 Å². The fourth-order valence-electron chi connectivity index (χ4n) is 3.70. The summed E-state index contributed by atoms with van der Waals surface area (Å²) in [6, 6.07) is 8.24. The van der Waals surface area contributed by atoms with E-state index in [0.29, 0.717) is 18.9 Å². The van der Waals surface area contributed by atoms with E-state index in [0.717, 1.165) is 69.3 Å². The number of guanidine groups is 1. The first-order valence-electron chi connectivity index (χ1n) is 10.1. The molecule has 1 N–H and O–H groups in total. The van der Waals surface area contributed by atoms with Crippen LogP contribution in [0.1, 0.15) is 38.2 Å². The zero-order chi connectivity index (χ0) is 19.1. The number of hydrogen-bond acceptors (Lipinski definition) is 3. The van der Waals surface area contributed by atoms with Gasteiger partial charge in [-0.2, -0.15) is 0 Å². The average Bonchev–Trinajstić information content (AvgIpc) is 3.19. The lowest BCUT2D eigenvalue weighted by molar-refractivity contribution is -0.119. The Morgan fingerprint density at radius 2 is 2.15 bits per heavy atom. The van der Waals surface area contributed by atoms with Gasteiger partial charge in [0.2, 0.25) is 5.91 Å². The van der Waals surface area contributed by atoms with Crippen molar-refractivity contribution in [1.29, 1.82) is 0 Å². The van der Waals surface area contributed by atoms with Gasteiger partial charge in [-0.3, -0.25) is 4.79 Å². The standard InChI is InChI=1S/C21H32N4O2/c1-3-22-21(24(2)15-18-11-13-27-16-18)23-14-17-7-9-19(10-8-17)25-12-5-4-6-20(25)26/h7-10,18H,3-6,11-16H2,1-2H3,(H,22,23). The van der Waals surface area contributed by atoms with Crippen LogP contribution in [-0.4, -0.2) is 56.7 Å². The fraction of sp³-hybridized carbons (Fsp3) is 0.619. The molecular formula is C21H32N4O2. The number of piperidine rings is 1.